The predicted molar refractivity (Wildman–Crippen MR) is 136 cm³/mol. The van der Waals surface area contributed by atoms with Crippen LogP contribution in [-0.2, 0) is 11.3 Å². The molecule has 0 aliphatic carbocycles. The normalized spacial score (nSPS) is 12.3. The molecule has 0 spiro atoms. The second kappa shape index (κ2) is 14.0. The zero-order chi connectivity index (χ0) is 29.0. The van der Waals surface area contributed by atoms with Gasteiger partial charge in [0.1, 0.15) is 11.6 Å². The molecule has 1 unspecified atom stereocenters. The molecule has 2 rings (SSSR count). The van der Waals surface area contributed by atoms with E-state index in [0.29, 0.717) is 17.7 Å². The average Bonchev–Trinajstić information content (AvgIpc) is 2.92. The van der Waals surface area contributed by atoms with Crippen molar-refractivity contribution < 1.29 is 33.2 Å². The number of benzene rings is 2. The number of carbonyl (C=O) groups excluding carboxylic acids is 4. The topological polar surface area (TPSA) is 175 Å². The van der Waals surface area contributed by atoms with Crippen LogP contribution in [0.5, 0.6) is 0 Å². The number of nitrogens with one attached hydrogen (secondary N) is 5. The Labute approximate surface area is 222 Å². The van der Waals surface area contributed by atoms with Crippen LogP contribution in [0.4, 0.5) is 18.4 Å². The summed E-state index contributed by atoms with van der Waals surface area (Å²) >= 11 is 0. The van der Waals surface area contributed by atoms with Crippen molar-refractivity contribution in [3.63, 3.8) is 0 Å². The van der Waals surface area contributed by atoms with Crippen LogP contribution >= 0.6 is 0 Å². The van der Waals surface area contributed by atoms with Crippen molar-refractivity contribution in [2.75, 3.05) is 7.05 Å². The number of amides is 6. The van der Waals surface area contributed by atoms with Gasteiger partial charge in [0.25, 0.3) is 18.2 Å². The first-order valence-electron chi connectivity index (χ1n) is 11.3. The fourth-order valence-electron chi connectivity index (χ4n) is 3.13. The van der Waals surface area contributed by atoms with Gasteiger partial charge in [-0.2, -0.15) is 0 Å². The second-order valence-electron chi connectivity index (χ2n) is 8.16. The highest BCUT2D eigenvalue weighted by molar-refractivity contribution is 5.98. The standard InChI is InChI=1S/C26H26F2N6O5/c1-26(23(27)28,33-25(38)30-2)20(22(36)34-39)32-21(35)19-13-11-17(12-14-19)6-4-3-5-16-7-9-18(10-8-16)15-31-24(29)37/h7-14,20,23,39H,15H2,1-2H3,(H,32,35)(H,34,36)(H3,29,31,37)(H2,30,33,38)/t20-,26?/m1/s1. The minimum Gasteiger partial charge on any atom is -0.352 e. The third kappa shape index (κ3) is 8.73. The number of hydrogen-bond donors (Lipinski definition) is 7. The number of primary amides is 1. The predicted octanol–water partition coefficient (Wildman–Crippen LogP) is 0.815. The van der Waals surface area contributed by atoms with E-state index in [1.165, 1.54) is 36.8 Å². The van der Waals surface area contributed by atoms with E-state index in [2.05, 4.69) is 39.6 Å². The average molecular weight is 541 g/mol. The fourth-order valence-corrected chi connectivity index (χ4v) is 3.13. The lowest BCUT2D eigenvalue weighted by Gasteiger charge is -2.36. The molecule has 0 aliphatic heterocycles. The maximum Gasteiger partial charge on any atom is 0.315 e. The summed E-state index contributed by atoms with van der Waals surface area (Å²) in [6.45, 7) is 1.15. The Morgan fingerprint density at radius 3 is 1.97 bits per heavy atom. The molecular formula is C26H26F2N6O5. The number of halogens is 2. The van der Waals surface area contributed by atoms with Crippen LogP contribution < -0.4 is 32.5 Å². The molecule has 0 heterocycles. The number of carbonyl (C=O) groups is 4. The maximum atomic E-state index is 13.9. The molecule has 11 nitrogen and oxygen atoms in total. The molecule has 0 fully saturated rings. The summed E-state index contributed by atoms with van der Waals surface area (Å²) in [6, 6.07) is 9.08. The molecule has 13 heteroatoms. The van der Waals surface area contributed by atoms with Crippen molar-refractivity contribution in [1.82, 2.24) is 26.7 Å². The molecule has 2 atom stereocenters. The minimum atomic E-state index is -3.30. The molecule has 204 valence electrons. The first kappa shape index (κ1) is 30.1. The Kier molecular flexibility index (Phi) is 10.8. The Hall–Kier alpha value is -5.14. The third-order valence-electron chi connectivity index (χ3n) is 5.35. The summed E-state index contributed by atoms with van der Waals surface area (Å²) in [5.41, 5.74) is 5.74. The Bertz CT molecular complexity index is 1330. The van der Waals surface area contributed by atoms with Gasteiger partial charge >= 0.3 is 12.1 Å². The summed E-state index contributed by atoms with van der Waals surface area (Å²) in [7, 11) is 1.18. The molecule has 39 heavy (non-hydrogen) atoms. The van der Waals surface area contributed by atoms with E-state index >= 15 is 0 Å². The third-order valence-corrected chi connectivity index (χ3v) is 5.35. The SMILES string of the molecule is CNC(=O)NC(C)(C(F)F)[C@H](NC(=O)c1ccc(C#CC#Cc2ccc(CNC(N)=O)cc2)cc1)C(=O)NO. The van der Waals surface area contributed by atoms with Crippen molar-refractivity contribution in [2.45, 2.75) is 31.5 Å². The molecule has 8 N–H and O–H groups in total. The highest BCUT2D eigenvalue weighted by atomic mass is 19.3. The van der Waals surface area contributed by atoms with Gasteiger partial charge < -0.3 is 27.0 Å². The number of urea groups is 2. The number of hydroxylamine groups is 1. The van der Waals surface area contributed by atoms with Gasteiger partial charge in [0, 0.05) is 30.3 Å². The molecule has 0 aromatic heterocycles. The largest absolute Gasteiger partial charge is 0.352 e. The highest BCUT2D eigenvalue weighted by Crippen LogP contribution is 2.21. The van der Waals surface area contributed by atoms with Crippen LogP contribution in [-0.4, -0.2) is 54.1 Å². The smallest absolute Gasteiger partial charge is 0.315 e. The molecule has 2 aromatic rings. The molecule has 0 bridgehead atoms. The van der Waals surface area contributed by atoms with Gasteiger partial charge in [-0.05, 0) is 60.7 Å². The van der Waals surface area contributed by atoms with Gasteiger partial charge in [0.15, 0.2) is 0 Å². The first-order chi connectivity index (χ1) is 18.5. The van der Waals surface area contributed by atoms with Crippen molar-refractivity contribution >= 4 is 23.9 Å². The fraction of sp³-hybridized carbons (Fsp3) is 0.231. The van der Waals surface area contributed by atoms with Crippen LogP contribution in [0.15, 0.2) is 48.5 Å². The van der Waals surface area contributed by atoms with Crippen molar-refractivity contribution in [2.24, 2.45) is 5.73 Å². The lowest BCUT2D eigenvalue weighted by Crippen LogP contribution is -2.69. The summed E-state index contributed by atoms with van der Waals surface area (Å²) in [4.78, 5) is 47.3. The quantitative estimate of drug-likeness (QED) is 0.149. The minimum absolute atomic E-state index is 0.00449. The van der Waals surface area contributed by atoms with Crippen molar-refractivity contribution in [3.8, 4) is 23.7 Å². The summed E-state index contributed by atoms with van der Waals surface area (Å²) in [5.74, 6) is 8.74. The monoisotopic (exact) mass is 540 g/mol. The molecule has 6 amide bonds. The number of hydrogen-bond acceptors (Lipinski definition) is 5. The van der Waals surface area contributed by atoms with Crippen molar-refractivity contribution in [3.05, 3.63) is 70.8 Å². The van der Waals surface area contributed by atoms with E-state index in [-0.39, 0.29) is 5.56 Å². The second-order valence-corrected chi connectivity index (χ2v) is 8.16. The van der Waals surface area contributed by atoms with Gasteiger partial charge in [0.2, 0.25) is 0 Å². The lowest BCUT2D eigenvalue weighted by atomic mass is 9.91. The van der Waals surface area contributed by atoms with Crippen LogP contribution in [0.2, 0.25) is 0 Å². The zero-order valence-corrected chi connectivity index (χ0v) is 20.9. The molecule has 0 saturated carbocycles. The summed E-state index contributed by atoms with van der Waals surface area (Å²) in [5, 5.41) is 17.7. The van der Waals surface area contributed by atoms with Gasteiger partial charge in [0.05, 0.1) is 0 Å². The van der Waals surface area contributed by atoms with Crippen LogP contribution in [0, 0.1) is 23.7 Å². The highest BCUT2D eigenvalue weighted by Gasteiger charge is 2.48. The molecule has 0 aliphatic rings. The van der Waals surface area contributed by atoms with Crippen LogP contribution in [0.25, 0.3) is 0 Å². The molecule has 2 aromatic carbocycles. The van der Waals surface area contributed by atoms with Crippen LogP contribution in [0.1, 0.15) is 34.0 Å². The van der Waals surface area contributed by atoms with E-state index in [0.717, 1.165) is 12.5 Å². The van der Waals surface area contributed by atoms with Gasteiger partial charge in [-0.15, -0.1) is 0 Å². The zero-order valence-electron chi connectivity index (χ0n) is 20.9. The number of alkyl halides is 2. The summed E-state index contributed by atoms with van der Waals surface area (Å²) < 4.78 is 27.7. The Morgan fingerprint density at radius 1 is 0.974 bits per heavy atom. The van der Waals surface area contributed by atoms with E-state index in [1.807, 2.05) is 5.32 Å². The summed E-state index contributed by atoms with van der Waals surface area (Å²) in [6.07, 6.45) is -3.30. The Morgan fingerprint density at radius 2 is 1.51 bits per heavy atom. The molecule has 0 saturated heterocycles. The van der Waals surface area contributed by atoms with Crippen LogP contribution in [0.3, 0.4) is 0 Å². The van der Waals surface area contributed by atoms with E-state index < -0.39 is 41.9 Å². The number of rotatable bonds is 8. The van der Waals surface area contributed by atoms with E-state index in [9.17, 15) is 28.0 Å². The van der Waals surface area contributed by atoms with Gasteiger partial charge in [-0.25, -0.2) is 23.9 Å². The maximum absolute atomic E-state index is 13.9. The van der Waals surface area contributed by atoms with Crippen molar-refractivity contribution in [1.29, 1.82) is 0 Å². The number of nitrogens with two attached hydrogens (primary N) is 1. The van der Waals surface area contributed by atoms with E-state index in [4.69, 9.17) is 10.9 Å². The molecule has 0 radical (unpaired) electrons. The molecular weight excluding hydrogens is 514 g/mol. The lowest BCUT2D eigenvalue weighted by molar-refractivity contribution is -0.135. The van der Waals surface area contributed by atoms with E-state index in [1.54, 1.807) is 24.3 Å². The van der Waals surface area contributed by atoms with Gasteiger partial charge in [-0.1, -0.05) is 24.0 Å². The Balaban J connectivity index is 2.11. The van der Waals surface area contributed by atoms with Gasteiger partial charge in [-0.3, -0.25) is 14.8 Å². The first-order valence-corrected chi connectivity index (χ1v) is 11.3.